The van der Waals surface area contributed by atoms with Gasteiger partial charge >= 0.3 is 5.97 Å². The molecule has 0 aliphatic heterocycles. The van der Waals surface area contributed by atoms with E-state index in [0.717, 1.165) is 16.8 Å². The molecule has 0 aliphatic rings. The standard InChI is InChI=1S/C24H18N4O4S/c1-16-5-9-18(10-6-16)22-15-33-24(26-22)27-25-14-17-7-11-21(12-8-17)32-23(29)19-3-2-4-20(13-19)28(30)31/h2-15H,1H3,(H,26,27)/b25-14-. The second-order valence-electron chi connectivity index (χ2n) is 7.04. The van der Waals surface area contributed by atoms with Crippen molar-refractivity contribution in [2.24, 2.45) is 5.10 Å². The van der Waals surface area contributed by atoms with Gasteiger partial charge in [-0.3, -0.25) is 15.5 Å². The molecule has 0 radical (unpaired) electrons. The number of aryl methyl sites for hydroxylation is 1. The normalized spacial score (nSPS) is 10.8. The number of rotatable bonds is 7. The summed E-state index contributed by atoms with van der Waals surface area (Å²) in [7, 11) is 0. The van der Waals surface area contributed by atoms with E-state index in [0.29, 0.717) is 10.9 Å². The molecule has 0 aliphatic carbocycles. The Morgan fingerprint density at radius 2 is 1.88 bits per heavy atom. The largest absolute Gasteiger partial charge is 0.423 e. The number of carbonyl (C=O) groups is 1. The van der Waals surface area contributed by atoms with Crippen molar-refractivity contribution < 1.29 is 14.5 Å². The summed E-state index contributed by atoms with van der Waals surface area (Å²) in [6, 6.07) is 20.3. The molecule has 0 spiro atoms. The first-order valence-corrected chi connectivity index (χ1v) is 10.7. The van der Waals surface area contributed by atoms with Crippen molar-refractivity contribution in [3.8, 4) is 17.0 Å². The number of anilines is 1. The fourth-order valence-corrected chi connectivity index (χ4v) is 3.55. The molecular weight excluding hydrogens is 440 g/mol. The SMILES string of the molecule is Cc1ccc(-c2csc(N/N=C\c3ccc(OC(=O)c4cccc([N+](=O)[O-])c4)cc3)n2)cc1. The summed E-state index contributed by atoms with van der Waals surface area (Å²) in [4.78, 5) is 27.1. The Bertz CT molecular complexity index is 1320. The molecule has 0 amide bonds. The molecular formula is C24H18N4O4S. The summed E-state index contributed by atoms with van der Waals surface area (Å²) in [5.41, 5.74) is 6.76. The Balaban J connectivity index is 1.34. The van der Waals surface area contributed by atoms with Crippen molar-refractivity contribution >= 4 is 34.3 Å². The third kappa shape index (κ3) is 5.66. The number of hydrogen-bond acceptors (Lipinski definition) is 8. The molecule has 0 atom stereocenters. The number of carbonyl (C=O) groups excluding carboxylic acids is 1. The minimum Gasteiger partial charge on any atom is -0.423 e. The van der Waals surface area contributed by atoms with E-state index in [-0.39, 0.29) is 11.3 Å². The highest BCUT2D eigenvalue weighted by Crippen LogP contribution is 2.25. The highest BCUT2D eigenvalue weighted by Gasteiger charge is 2.13. The van der Waals surface area contributed by atoms with Crippen LogP contribution < -0.4 is 10.2 Å². The van der Waals surface area contributed by atoms with Crippen LogP contribution in [-0.4, -0.2) is 22.1 Å². The zero-order valence-corrected chi connectivity index (χ0v) is 18.3. The zero-order valence-electron chi connectivity index (χ0n) is 17.5. The molecule has 9 heteroatoms. The number of esters is 1. The Hall–Kier alpha value is -4.37. The lowest BCUT2D eigenvalue weighted by atomic mass is 10.1. The van der Waals surface area contributed by atoms with Crippen LogP contribution >= 0.6 is 11.3 Å². The predicted octanol–water partition coefficient (Wildman–Crippen LogP) is 5.69. The quantitative estimate of drug-likeness (QED) is 0.125. The van der Waals surface area contributed by atoms with E-state index >= 15 is 0 Å². The van der Waals surface area contributed by atoms with Crippen molar-refractivity contribution in [2.45, 2.75) is 6.92 Å². The first-order valence-electron chi connectivity index (χ1n) is 9.86. The van der Waals surface area contributed by atoms with Gasteiger partial charge in [0.1, 0.15) is 5.75 Å². The lowest BCUT2D eigenvalue weighted by Crippen LogP contribution is -2.08. The summed E-state index contributed by atoms with van der Waals surface area (Å²) in [5, 5.41) is 17.7. The summed E-state index contributed by atoms with van der Waals surface area (Å²) in [5.74, 6) is -0.353. The number of thiazole rings is 1. The number of aromatic nitrogens is 1. The number of hydrazone groups is 1. The highest BCUT2D eigenvalue weighted by atomic mass is 32.1. The van der Waals surface area contributed by atoms with Gasteiger partial charge < -0.3 is 4.74 Å². The fourth-order valence-electron chi connectivity index (χ4n) is 2.88. The first-order chi connectivity index (χ1) is 16.0. The molecule has 3 aromatic carbocycles. The van der Waals surface area contributed by atoms with Crippen LogP contribution in [-0.2, 0) is 0 Å². The topological polar surface area (TPSA) is 107 Å². The first kappa shape index (κ1) is 21.8. The fraction of sp³-hybridized carbons (Fsp3) is 0.0417. The van der Waals surface area contributed by atoms with Crippen molar-refractivity contribution in [1.29, 1.82) is 0 Å². The molecule has 0 saturated carbocycles. The Morgan fingerprint density at radius 3 is 2.61 bits per heavy atom. The monoisotopic (exact) mass is 458 g/mol. The third-order valence-electron chi connectivity index (χ3n) is 4.61. The molecule has 8 nitrogen and oxygen atoms in total. The van der Waals surface area contributed by atoms with Crippen molar-refractivity contribution in [2.75, 3.05) is 5.43 Å². The minimum absolute atomic E-state index is 0.104. The van der Waals surface area contributed by atoms with Crippen LogP contribution in [0.25, 0.3) is 11.3 Å². The predicted molar refractivity (Wildman–Crippen MR) is 128 cm³/mol. The van der Waals surface area contributed by atoms with Crippen LogP contribution in [0.3, 0.4) is 0 Å². The second kappa shape index (κ2) is 9.84. The molecule has 0 fully saturated rings. The van der Waals surface area contributed by atoms with Crippen molar-refractivity contribution in [1.82, 2.24) is 4.98 Å². The van der Waals surface area contributed by atoms with Crippen LogP contribution in [0.1, 0.15) is 21.5 Å². The van der Waals surface area contributed by atoms with E-state index in [1.807, 2.05) is 36.6 Å². The number of nitro benzene ring substituents is 1. The molecule has 1 N–H and O–H groups in total. The minimum atomic E-state index is -0.671. The van der Waals surface area contributed by atoms with Gasteiger partial charge in [0.15, 0.2) is 0 Å². The van der Waals surface area contributed by atoms with Gasteiger partial charge in [-0.2, -0.15) is 5.10 Å². The molecule has 0 unspecified atom stereocenters. The number of benzene rings is 3. The average Bonchev–Trinajstić information content (AvgIpc) is 3.29. The number of non-ortho nitro benzene ring substituents is 1. The summed E-state index contributed by atoms with van der Waals surface area (Å²) in [6.45, 7) is 2.04. The molecule has 33 heavy (non-hydrogen) atoms. The Kier molecular flexibility index (Phi) is 6.51. The maximum absolute atomic E-state index is 12.2. The highest BCUT2D eigenvalue weighted by molar-refractivity contribution is 7.14. The summed E-state index contributed by atoms with van der Waals surface area (Å²) >= 11 is 1.46. The molecule has 1 heterocycles. The number of nitro groups is 1. The van der Waals surface area contributed by atoms with E-state index in [9.17, 15) is 14.9 Å². The van der Waals surface area contributed by atoms with Crippen LogP contribution in [0.4, 0.5) is 10.8 Å². The van der Waals surface area contributed by atoms with Gasteiger partial charge in [-0.05, 0) is 42.8 Å². The van der Waals surface area contributed by atoms with Crippen LogP contribution in [0.5, 0.6) is 5.75 Å². The van der Waals surface area contributed by atoms with Gasteiger partial charge in [0.25, 0.3) is 5.69 Å². The molecule has 0 saturated heterocycles. The van der Waals surface area contributed by atoms with Gasteiger partial charge in [-0.1, -0.05) is 35.9 Å². The molecule has 0 bridgehead atoms. The molecule has 4 rings (SSSR count). The maximum Gasteiger partial charge on any atom is 0.343 e. The van der Waals surface area contributed by atoms with Gasteiger partial charge in [0.2, 0.25) is 5.13 Å². The Morgan fingerprint density at radius 1 is 1.12 bits per heavy atom. The van der Waals surface area contributed by atoms with Crippen LogP contribution in [0.15, 0.2) is 83.3 Å². The van der Waals surface area contributed by atoms with Gasteiger partial charge in [-0.25, -0.2) is 9.78 Å². The zero-order chi connectivity index (χ0) is 23.2. The van der Waals surface area contributed by atoms with E-state index in [1.165, 1.54) is 41.2 Å². The molecule has 164 valence electrons. The van der Waals surface area contributed by atoms with Crippen LogP contribution in [0, 0.1) is 17.0 Å². The summed E-state index contributed by atoms with van der Waals surface area (Å²) in [6.07, 6.45) is 1.62. The van der Waals surface area contributed by atoms with Gasteiger partial charge in [0.05, 0.1) is 22.4 Å². The third-order valence-corrected chi connectivity index (χ3v) is 5.36. The van der Waals surface area contributed by atoms with Gasteiger partial charge in [-0.15, -0.1) is 11.3 Å². The lowest BCUT2D eigenvalue weighted by Gasteiger charge is -2.04. The van der Waals surface area contributed by atoms with E-state index in [2.05, 4.69) is 15.5 Å². The van der Waals surface area contributed by atoms with Gasteiger partial charge in [0, 0.05) is 23.1 Å². The lowest BCUT2D eigenvalue weighted by molar-refractivity contribution is -0.384. The van der Waals surface area contributed by atoms with E-state index in [1.54, 1.807) is 30.5 Å². The average molecular weight is 458 g/mol. The second-order valence-corrected chi connectivity index (χ2v) is 7.90. The maximum atomic E-state index is 12.2. The number of nitrogens with one attached hydrogen (secondary N) is 1. The molecule has 1 aromatic heterocycles. The van der Waals surface area contributed by atoms with E-state index in [4.69, 9.17) is 4.74 Å². The smallest absolute Gasteiger partial charge is 0.343 e. The van der Waals surface area contributed by atoms with E-state index < -0.39 is 10.9 Å². The molecule has 4 aromatic rings. The number of ether oxygens (including phenoxy) is 1. The van der Waals surface area contributed by atoms with Crippen molar-refractivity contribution in [3.63, 3.8) is 0 Å². The van der Waals surface area contributed by atoms with Crippen LogP contribution in [0.2, 0.25) is 0 Å². The number of hydrogen-bond donors (Lipinski definition) is 1. The number of nitrogens with zero attached hydrogens (tertiary/aromatic N) is 3. The summed E-state index contributed by atoms with van der Waals surface area (Å²) < 4.78 is 5.29. The van der Waals surface area contributed by atoms with Crippen molar-refractivity contribution in [3.05, 3.63) is 105 Å². The Labute approximate surface area is 193 Å².